The molecule has 1 N–H and O–H groups in total. The Kier molecular flexibility index (Phi) is 5.38. The number of thioether (sulfide) groups is 1. The van der Waals surface area contributed by atoms with Crippen molar-refractivity contribution in [3.63, 3.8) is 0 Å². The third-order valence-corrected chi connectivity index (χ3v) is 7.06. The van der Waals surface area contributed by atoms with Crippen LogP contribution in [0.1, 0.15) is 18.4 Å². The van der Waals surface area contributed by atoms with E-state index in [0.29, 0.717) is 37.4 Å². The van der Waals surface area contributed by atoms with Gasteiger partial charge >= 0.3 is 6.03 Å². The number of nitrogens with one attached hydrogen (secondary N) is 1. The van der Waals surface area contributed by atoms with Crippen LogP contribution < -0.4 is 10.2 Å². The van der Waals surface area contributed by atoms with Crippen LogP contribution in [-0.2, 0) is 4.79 Å². The van der Waals surface area contributed by atoms with Gasteiger partial charge in [0.05, 0.1) is 15.5 Å². The van der Waals surface area contributed by atoms with E-state index in [0.717, 1.165) is 11.3 Å². The van der Waals surface area contributed by atoms with Gasteiger partial charge in [0.25, 0.3) is 5.69 Å². The number of benzene rings is 2. The van der Waals surface area contributed by atoms with Crippen molar-refractivity contribution < 1.29 is 14.5 Å². The van der Waals surface area contributed by atoms with Crippen LogP contribution >= 0.6 is 11.8 Å². The maximum atomic E-state index is 12.7. The molecule has 0 bridgehead atoms. The number of nitro groups is 1. The molecule has 2 aromatic carbocycles. The van der Waals surface area contributed by atoms with Crippen molar-refractivity contribution in [2.45, 2.75) is 24.6 Å². The van der Waals surface area contributed by atoms with E-state index in [9.17, 15) is 19.7 Å². The third kappa shape index (κ3) is 3.85. The summed E-state index contributed by atoms with van der Waals surface area (Å²) in [5.74, 6) is 0.553. The van der Waals surface area contributed by atoms with E-state index < -0.39 is 4.92 Å². The van der Waals surface area contributed by atoms with Gasteiger partial charge < -0.3 is 10.2 Å². The van der Waals surface area contributed by atoms with Crippen molar-refractivity contribution in [2.24, 2.45) is 0 Å². The molecule has 3 amide bonds. The standard InChI is InChI=1S/C21H22N4O4S/c1-15-3-2-4-18(13-15)24-19(26)14-30-21(24)9-11-23(12-10-21)20(27)22-16-5-7-17(8-6-16)25(28)29/h2-8,13H,9-12,14H2,1H3,(H,22,27). The van der Waals surface area contributed by atoms with E-state index in [1.54, 1.807) is 16.7 Å². The molecule has 2 heterocycles. The molecule has 2 fully saturated rings. The number of aryl methyl sites for hydroxylation is 1. The summed E-state index contributed by atoms with van der Waals surface area (Å²) in [6.07, 6.45) is 1.37. The van der Waals surface area contributed by atoms with Crippen molar-refractivity contribution in [2.75, 3.05) is 29.1 Å². The normalized spacial score (nSPS) is 18.0. The SMILES string of the molecule is Cc1cccc(N2C(=O)CSC23CCN(C(=O)Nc2ccc([N+](=O)[O-])cc2)CC3)c1. The van der Waals surface area contributed by atoms with Gasteiger partial charge in [-0.15, -0.1) is 11.8 Å². The van der Waals surface area contributed by atoms with Gasteiger partial charge in [0.1, 0.15) is 0 Å². The Hall–Kier alpha value is -3.07. The average Bonchev–Trinajstić information content (AvgIpc) is 3.04. The van der Waals surface area contributed by atoms with E-state index in [2.05, 4.69) is 5.32 Å². The fraction of sp³-hybridized carbons (Fsp3) is 0.333. The molecule has 8 nitrogen and oxygen atoms in total. The predicted octanol–water partition coefficient (Wildman–Crippen LogP) is 4.01. The Balaban J connectivity index is 1.43. The van der Waals surface area contributed by atoms with Crippen LogP contribution in [0.25, 0.3) is 0 Å². The monoisotopic (exact) mass is 426 g/mol. The molecule has 0 aromatic heterocycles. The summed E-state index contributed by atoms with van der Waals surface area (Å²) in [6, 6.07) is 13.5. The van der Waals surface area contributed by atoms with Crippen LogP contribution in [0.4, 0.5) is 21.9 Å². The number of carbonyl (C=O) groups excluding carboxylic acids is 2. The number of amides is 3. The van der Waals surface area contributed by atoms with Crippen molar-refractivity contribution in [1.82, 2.24) is 4.90 Å². The van der Waals surface area contributed by atoms with Gasteiger partial charge in [-0.1, -0.05) is 12.1 Å². The van der Waals surface area contributed by atoms with Crippen LogP contribution in [0.15, 0.2) is 48.5 Å². The lowest BCUT2D eigenvalue weighted by atomic mass is 10.0. The number of nitro benzene ring substituents is 1. The first-order chi connectivity index (χ1) is 14.4. The zero-order chi connectivity index (χ0) is 21.3. The molecular formula is C21H22N4O4S. The summed E-state index contributed by atoms with van der Waals surface area (Å²) < 4.78 is 0. The maximum Gasteiger partial charge on any atom is 0.321 e. The first kappa shape index (κ1) is 20.2. The minimum atomic E-state index is -0.476. The Morgan fingerprint density at radius 1 is 1.17 bits per heavy atom. The van der Waals surface area contributed by atoms with Gasteiger partial charge in [-0.05, 0) is 49.6 Å². The smallest absolute Gasteiger partial charge is 0.321 e. The molecule has 156 valence electrons. The minimum Gasteiger partial charge on any atom is -0.324 e. The number of piperidine rings is 1. The number of rotatable bonds is 3. The van der Waals surface area contributed by atoms with E-state index in [4.69, 9.17) is 0 Å². The molecule has 2 aromatic rings. The lowest BCUT2D eigenvalue weighted by Crippen LogP contribution is -2.53. The molecule has 4 rings (SSSR count). The lowest BCUT2D eigenvalue weighted by Gasteiger charge is -2.44. The second kappa shape index (κ2) is 7.98. The Bertz CT molecular complexity index is 987. The zero-order valence-corrected chi connectivity index (χ0v) is 17.4. The number of nitrogens with zero attached hydrogens (tertiary/aromatic N) is 3. The predicted molar refractivity (Wildman–Crippen MR) is 117 cm³/mol. The maximum absolute atomic E-state index is 12.7. The number of anilines is 2. The summed E-state index contributed by atoms with van der Waals surface area (Å²) in [5, 5.41) is 13.5. The molecule has 2 saturated heterocycles. The molecule has 0 radical (unpaired) electrons. The number of carbonyl (C=O) groups is 2. The number of hydrogen-bond acceptors (Lipinski definition) is 5. The Morgan fingerprint density at radius 3 is 2.50 bits per heavy atom. The van der Waals surface area contributed by atoms with E-state index >= 15 is 0 Å². The molecular weight excluding hydrogens is 404 g/mol. The highest BCUT2D eigenvalue weighted by Crippen LogP contribution is 2.46. The Labute approximate surface area is 178 Å². The van der Waals surface area contributed by atoms with E-state index in [1.165, 1.54) is 24.3 Å². The molecule has 0 saturated carbocycles. The summed E-state index contributed by atoms with van der Waals surface area (Å²) in [7, 11) is 0. The fourth-order valence-electron chi connectivity index (χ4n) is 3.99. The average molecular weight is 426 g/mol. The number of hydrogen-bond donors (Lipinski definition) is 1. The lowest BCUT2D eigenvalue weighted by molar-refractivity contribution is -0.384. The van der Waals surface area contributed by atoms with Crippen molar-refractivity contribution >= 4 is 40.8 Å². The molecule has 30 heavy (non-hydrogen) atoms. The van der Waals surface area contributed by atoms with Crippen LogP contribution in [0.5, 0.6) is 0 Å². The van der Waals surface area contributed by atoms with Gasteiger partial charge in [-0.2, -0.15) is 0 Å². The molecule has 2 aliphatic heterocycles. The molecule has 9 heteroatoms. The summed E-state index contributed by atoms with van der Waals surface area (Å²) in [5.41, 5.74) is 2.51. The van der Waals surface area contributed by atoms with Crippen LogP contribution in [-0.4, -0.2) is 45.5 Å². The number of urea groups is 1. The summed E-state index contributed by atoms with van der Waals surface area (Å²) in [4.78, 5) is 38.9. The molecule has 0 unspecified atom stereocenters. The highest BCUT2D eigenvalue weighted by Gasteiger charge is 2.49. The second-order valence-electron chi connectivity index (χ2n) is 7.52. The number of non-ortho nitro benzene ring substituents is 1. The topological polar surface area (TPSA) is 95.8 Å². The minimum absolute atomic E-state index is 0.0212. The molecule has 0 atom stereocenters. The Morgan fingerprint density at radius 2 is 1.87 bits per heavy atom. The van der Waals surface area contributed by atoms with Crippen LogP contribution in [0.2, 0.25) is 0 Å². The first-order valence-electron chi connectivity index (χ1n) is 9.72. The summed E-state index contributed by atoms with van der Waals surface area (Å²) in [6.45, 7) is 3.07. The molecule has 2 aliphatic rings. The third-order valence-electron chi connectivity index (χ3n) is 5.54. The van der Waals surface area contributed by atoms with Crippen molar-refractivity contribution in [3.05, 3.63) is 64.2 Å². The second-order valence-corrected chi connectivity index (χ2v) is 8.86. The van der Waals surface area contributed by atoms with Gasteiger partial charge in [-0.3, -0.25) is 19.8 Å². The number of likely N-dealkylation sites (tertiary alicyclic amines) is 1. The zero-order valence-electron chi connectivity index (χ0n) is 16.5. The largest absolute Gasteiger partial charge is 0.324 e. The highest BCUT2D eigenvalue weighted by atomic mass is 32.2. The van der Waals surface area contributed by atoms with Crippen molar-refractivity contribution in [1.29, 1.82) is 0 Å². The quantitative estimate of drug-likeness (QED) is 0.591. The van der Waals surface area contributed by atoms with Gasteiger partial charge in [-0.25, -0.2) is 4.79 Å². The van der Waals surface area contributed by atoms with E-state index in [1.807, 2.05) is 36.1 Å². The van der Waals surface area contributed by atoms with Gasteiger partial charge in [0.2, 0.25) is 5.91 Å². The molecule has 1 spiro atoms. The van der Waals surface area contributed by atoms with Crippen molar-refractivity contribution in [3.8, 4) is 0 Å². The first-order valence-corrected chi connectivity index (χ1v) is 10.7. The van der Waals surface area contributed by atoms with E-state index in [-0.39, 0.29) is 22.5 Å². The fourth-order valence-corrected chi connectivity index (χ4v) is 5.32. The van der Waals surface area contributed by atoms with Crippen LogP contribution in [0, 0.1) is 17.0 Å². The summed E-state index contributed by atoms with van der Waals surface area (Å²) >= 11 is 1.66. The highest BCUT2D eigenvalue weighted by molar-refractivity contribution is 8.02. The molecule has 0 aliphatic carbocycles. The van der Waals surface area contributed by atoms with Gasteiger partial charge in [0.15, 0.2) is 0 Å². The van der Waals surface area contributed by atoms with Gasteiger partial charge in [0, 0.05) is 36.6 Å². The van der Waals surface area contributed by atoms with Crippen LogP contribution in [0.3, 0.4) is 0 Å².